The van der Waals surface area contributed by atoms with E-state index in [1.165, 1.54) is 11.1 Å². The monoisotopic (exact) mass is 246 g/mol. The first-order valence-corrected chi connectivity index (χ1v) is 6.89. The lowest BCUT2D eigenvalue weighted by Crippen LogP contribution is -2.04. The van der Waals surface area contributed by atoms with Gasteiger partial charge in [0.1, 0.15) is 5.82 Å². The van der Waals surface area contributed by atoms with E-state index in [4.69, 9.17) is 10.1 Å². The van der Waals surface area contributed by atoms with Crippen LogP contribution in [0.4, 0.5) is 0 Å². The molecule has 1 aromatic heterocycles. The van der Waals surface area contributed by atoms with Crippen molar-refractivity contribution >= 4 is 11.0 Å². The molecule has 0 amide bonds. The second-order valence-electron chi connectivity index (χ2n) is 4.68. The Balaban J connectivity index is 2.44. The van der Waals surface area contributed by atoms with Crippen LogP contribution in [0.5, 0.6) is 0 Å². The van der Waals surface area contributed by atoms with Crippen molar-refractivity contribution in [3.63, 3.8) is 0 Å². The minimum absolute atomic E-state index is 0.232. The number of aromatic nitrogens is 2. The van der Waals surface area contributed by atoms with E-state index in [0.29, 0.717) is 0 Å². The maximum atomic E-state index is 8.97. The van der Waals surface area contributed by atoms with Crippen molar-refractivity contribution in [3.05, 3.63) is 29.6 Å². The first kappa shape index (κ1) is 13.1. The minimum Gasteiger partial charge on any atom is -0.396 e. The summed E-state index contributed by atoms with van der Waals surface area (Å²) in [7, 11) is 0. The third-order valence-electron chi connectivity index (χ3n) is 3.31. The zero-order valence-corrected chi connectivity index (χ0v) is 11.3. The number of nitrogens with zero attached hydrogens (tertiary/aromatic N) is 2. The van der Waals surface area contributed by atoms with E-state index in [1.54, 1.807) is 0 Å². The van der Waals surface area contributed by atoms with Gasteiger partial charge in [-0.05, 0) is 37.0 Å². The van der Waals surface area contributed by atoms with Crippen LogP contribution in [0, 0.1) is 0 Å². The zero-order valence-electron chi connectivity index (χ0n) is 11.3. The average Bonchev–Trinajstić information content (AvgIpc) is 2.74. The molecule has 0 fully saturated rings. The van der Waals surface area contributed by atoms with Crippen LogP contribution >= 0.6 is 0 Å². The molecular weight excluding hydrogens is 224 g/mol. The number of benzene rings is 1. The van der Waals surface area contributed by atoms with Crippen molar-refractivity contribution < 1.29 is 5.11 Å². The summed E-state index contributed by atoms with van der Waals surface area (Å²) in [5.74, 6) is 1.11. The molecule has 0 aliphatic rings. The summed E-state index contributed by atoms with van der Waals surface area (Å²) in [5.41, 5.74) is 3.65. The Kier molecular flexibility index (Phi) is 4.37. The molecule has 3 nitrogen and oxygen atoms in total. The van der Waals surface area contributed by atoms with Crippen LogP contribution in [-0.4, -0.2) is 21.3 Å². The number of aliphatic hydroxyl groups is 1. The number of aryl methyl sites for hydroxylation is 3. The maximum Gasteiger partial charge on any atom is 0.109 e. The van der Waals surface area contributed by atoms with Gasteiger partial charge in [-0.15, -0.1) is 0 Å². The molecule has 0 bridgehead atoms. The molecular formula is C15H22N2O. The maximum absolute atomic E-state index is 8.97. The molecule has 1 N–H and O–H groups in total. The Morgan fingerprint density at radius 1 is 1.28 bits per heavy atom. The molecule has 2 aromatic rings. The van der Waals surface area contributed by atoms with Crippen molar-refractivity contribution in [3.8, 4) is 0 Å². The Hall–Kier alpha value is -1.35. The standard InChI is InChI=1S/C15H22N2O/c1-3-9-17-14-8-7-12(4-2)11-13(14)16-15(17)6-5-10-18/h7-8,11,18H,3-6,9-10H2,1-2H3. The molecule has 0 unspecified atom stereocenters. The molecule has 0 radical (unpaired) electrons. The fourth-order valence-corrected chi connectivity index (χ4v) is 2.35. The normalized spacial score (nSPS) is 11.3. The third-order valence-corrected chi connectivity index (χ3v) is 3.31. The van der Waals surface area contributed by atoms with Crippen molar-refractivity contribution in [2.75, 3.05) is 6.61 Å². The van der Waals surface area contributed by atoms with E-state index in [-0.39, 0.29) is 6.61 Å². The molecule has 2 rings (SSSR count). The topological polar surface area (TPSA) is 38.0 Å². The molecule has 0 aliphatic carbocycles. The van der Waals surface area contributed by atoms with Gasteiger partial charge in [0.25, 0.3) is 0 Å². The number of imidazole rings is 1. The van der Waals surface area contributed by atoms with Crippen LogP contribution in [0.1, 0.15) is 38.1 Å². The second kappa shape index (κ2) is 6.01. The van der Waals surface area contributed by atoms with Gasteiger partial charge >= 0.3 is 0 Å². The van der Waals surface area contributed by atoms with Crippen molar-refractivity contribution in [2.45, 2.75) is 46.1 Å². The van der Waals surface area contributed by atoms with E-state index in [1.807, 2.05) is 0 Å². The predicted octanol–water partition coefficient (Wildman–Crippen LogP) is 2.93. The molecule has 0 spiro atoms. The van der Waals surface area contributed by atoms with Gasteiger partial charge in [-0.2, -0.15) is 0 Å². The summed E-state index contributed by atoms with van der Waals surface area (Å²) in [5, 5.41) is 8.97. The fourth-order valence-electron chi connectivity index (χ4n) is 2.35. The minimum atomic E-state index is 0.232. The summed E-state index contributed by atoms with van der Waals surface area (Å²) in [4.78, 5) is 4.73. The van der Waals surface area contributed by atoms with Crippen LogP contribution in [0.15, 0.2) is 18.2 Å². The van der Waals surface area contributed by atoms with Gasteiger partial charge in [0.05, 0.1) is 11.0 Å². The lowest BCUT2D eigenvalue weighted by molar-refractivity contribution is 0.287. The highest BCUT2D eigenvalue weighted by molar-refractivity contribution is 5.77. The van der Waals surface area contributed by atoms with Crippen LogP contribution in [0.25, 0.3) is 11.0 Å². The molecule has 1 aromatic carbocycles. The van der Waals surface area contributed by atoms with Gasteiger partial charge in [-0.25, -0.2) is 4.98 Å². The van der Waals surface area contributed by atoms with Crippen molar-refractivity contribution in [2.24, 2.45) is 0 Å². The van der Waals surface area contributed by atoms with E-state index in [2.05, 4.69) is 36.6 Å². The van der Waals surface area contributed by atoms with Crippen LogP contribution < -0.4 is 0 Å². The Morgan fingerprint density at radius 3 is 2.78 bits per heavy atom. The molecule has 3 heteroatoms. The van der Waals surface area contributed by atoms with Gasteiger partial charge in [-0.3, -0.25) is 0 Å². The Bertz CT molecular complexity index is 516. The molecule has 0 atom stereocenters. The van der Waals surface area contributed by atoms with Gasteiger partial charge in [0, 0.05) is 19.6 Å². The first-order chi connectivity index (χ1) is 8.80. The Morgan fingerprint density at radius 2 is 2.11 bits per heavy atom. The highest BCUT2D eigenvalue weighted by Crippen LogP contribution is 2.19. The number of aliphatic hydroxyl groups excluding tert-OH is 1. The molecule has 0 saturated heterocycles. The fraction of sp³-hybridized carbons (Fsp3) is 0.533. The van der Waals surface area contributed by atoms with Crippen molar-refractivity contribution in [1.82, 2.24) is 9.55 Å². The quantitative estimate of drug-likeness (QED) is 0.851. The van der Waals surface area contributed by atoms with Gasteiger partial charge < -0.3 is 9.67 Å². The van der Waals surface area contributed by atoms with Gasteiger partial charge in [0.15, 0.2) is 0 Å². The summed E-state index contributed by atoms with van der Waals surface area (Å²) in [6.07, 6.45) is 3.79. The first-order valence-electron chi connectivity index (χ1n) is 6.89. The second-order valence-corrected chi connectivity index (χ2v) is 4.68. The number of hydrogen-bond acceptors (Lipinski definition) is 2. The zero-order chi connectivity index (χ0) is 13.0. The molecule has 98 valence electrons. The average molecular weight is 246 g/mol. The lowest BCUT2D eigenvalue weighted by Gasteiger charge is -2.07. The van der Waals surface area contributed by atoms with Crippen LogP contribution in [0.2, 0.25) is 0 Å². The highest BCUT2D eigenvalue weighted by Gasteiger charge is 2.10. The SMILES string of the molecule is CCCn1c(CCCO)nc2cc(CC)ccc21. The summed E-state index contributed by atoms with van der Waals surface area (Å²) in [6.45, 7) is 5.58. The molecule has 1 heterocycles. The van der Waals surface area contributed by atoms with Crippen LogP contribution in [-0.2, 0) is 19.4 Å². The van der Waals surface area contributed by atoms with Gasteiger partial charge in [0.2, 0.25) is 0 Å². The predicted molar refractivity (Wildman–Crippen MR) is 74.8 cm³/mol. The summed E-state index contributed by atoms with van der Waals surface area (Å²) in [6, 6.07) is 6.55. The molecule has 18 heavy (non-hydrogen) atoms. The number of fused-ring (bicyclic) bond motifs is 1. The van der Waals surface area contributed by atoms with Gasteiger partial charge in [-0.1, -0.05) is 19.9 Å². The third kappa shape index (κ3) is 2.56. The molecule has 0 saturated carbocycles. The molecule has 0 aliphatic heterocycles. The number of hydrogen-bond donors (Lipinski definition) is 1. The van der Waals surface area contributed by atoms with E-state index in [0.717, 1.165) is 43.6 Å². The number of rotatable bonds is 6. The van der Waals surface area contributed by atoms with E-state index >= 15 is 0 Å². The summed E-state index contributed by atoms with van der Waals surface area (Å²) < 4.78 is 2.30. The van der Waals surface area contributed by atoms with E-state index < -0.39 is 0 Å². The lowest BCUT2D eigenvalue weighted by atomic mass is 10.1. The smallest absolute Gasteiger partial charge is 0.109 e. The largest absolute Gasteiger partial charge is 0.396 e. The Labute approximate surface area is 108 Å². The van der Waals surface area contributed by atoms with Crippen molar-refractivity contribution in [1.29, 1.82) is 0 Å². The van der Waals surface area contributed by atoms with Crippen LogP contribution in [0.3, 0.4) is 0 Å². The van der Waals surface area contributed by atoms with E-state index in [9.17, 15) is 0 Å². The highest BCUT2D eigenvalue weighted by atomic mass is 16.2. The summed E-state index contributed by atoms with van der Waals surface area (Å²) >= 11 is 0.